The van der Waals surface area contributed by atoms with Crippen LogP contribution in [0.15, 0.2) is 18.2 Å². The largest absolute Gasteiger partial charge is 0.478 e. The van der Waals surface area contributed by atoms with E-state index in [0.717, 1.165) is 18.8 Å². The summed E-state index contributed by atoms with van der Waals surface area (Å²) in [4.78, 5) is 13.0. The number of carboxylic acids is 1. The molecule has 0 saturated carbocycles. The van der Waals surface area contributed by atoms with E-state index in [0.29, 0.717) is 12.8 Å². The van der Waals surface area contributed by atoms with E-state index in [4.69, 9.17) is 10.8 Å². The fourth-order valence-electron chi connectivity index (χ4n) is 2.19. The molecule has 0 radical (unpaired) electrons. The van der Waals surface area contributed by atoms with E-state index >= 15 is 0 Å². The average Bonchev–Trinajstić information content (AvgIpc) is 2.28. The second-order valence-corrected chi connectivity index (χ2v) is 5.06. The first-order chi connectivity index (χ1) is 8.39. The molecule has 98 valence electrons. The average molecular weight is 250 g/mol. The molecule has 5 nitrogen and oxygen atoms in total. The molecule has 5 heteroatoms. The molecule has 0 atom stereocenters. The highest BCUT2D eigenvalue weighted by atomic mass is 16.4. The molecular formula is C13H18N2O3. The summed E-state index contributed by atoms with van der Waals surface area (Å²) < 4.78 is 0. The van der Waals surface area contributed by atoms with E-state index in [1.165, 1.54) is 6.07 Å². The number of rotatable bonds is 2. The fraction of sp³-hybridized carbons (Fsp3) is 0.462. The first kappa shape index (κ1) is 12.7. The van der Waals surface area contributed by atoms with Gasteiger partial charge in [-0.25, -0.2) is 4.79 Å². The summed E-state index contributed by atoms with van der Waals surface area (Å²) in [5.41, 5.74) is 6.44. The summed E-state index contributed by atoms with van der Waals surface area (Å²) in [5, 5.41) is 18.8. The van der Waals surface area contributed by atoms with Crippen molar-refractivity contribution in [2.24, 2.45) is 0 Å². The highest BCUT2D eigenvalue weighted by Crippen LogP contribution is 2.28. The van der Waals surface area contributed by atoms with Gasteiger partial charge >= 0.3 is 5.97 Å². The lowest BCUT2D eigenvalue weighted by atomic mass is 9.93. The Labute approximate surface area is 106 Å². The Morgan fingerprint density at radius 3 is 2.50 bits per heavy atom. The molecule has 1 fully saturated rings. The Hall–Kier alpha value is -1.75. The number of carboxylic acid groups (broad SMARTS) is 1. The third-order valence-electron chi connectivity index (χ3n) is 3.47. The number of hydrogen-bond donors (Lipinski definition) is 3. The predicted octanol–water partition coefficient (Wildman–Crippen LogP) is 1.32. The predicted molar refractivity (Wildman–Crippen MR) is 69.9 cm³/mol. The highest BCUT2D eigenvalue weighted by molar-refractivity contribution is 5.94. The molecule has 4 N–H and O–H groups in total. The van der Waals surface area contributed by atoms with Crippen LogP contribution in [0.2, 0.25) is 0 Å². The van der Waals surface area contributed by atoms with Crippen LogP contribution in [0.1, 0.15) is 30.1 Å². The smallest absolute Gasteiger partial charge is 0.337 e. The van der Waals surface area contributed by atoms with Gasteiger partial charge in [-0.2, -0.15) is 0 Å². The third kappa shape index (κ3) is 2.56. The normalized spacial score (nSPS) is 18.7. The van der Waals surface area contributed by atoms with E-state index < -0.39 is 11.6 Å². The molecule has 2 rings (SSSR count). The van der Waals surface area contributed by atoms with Crippen LogP contribution < -0.4 is 10.6 Å². The van der Waals surface area contributed by atoms with Crippen molar-refractivity contribution in [1.29, 1.82) is 0 Å². The van der Waals surface area contributed by atoms with Crippen molar-refractivity contribution in [2.75, 3.05) is 23.7 Å². The number of piperidine rings is 1. The number of aromatic carboxylic acids is 1. The van der Waals surface area contributed by atoms with Gasteiger partial charge in [0.2, 0.25) is 0 Å². The summed E-state index contributed by atoms with van der Waals surface area (Å²) in [6.45, 7) is 3.34. The molecule has 18 heavy (non-hydrogen) atoms. The van der Waals surface area contributed by atoms with E-state index in [1.54, 1.807) is 12.1 Å². The quantitative estimate of drug-likeness (QED) is 0.689. The molecule has 0 aromatic heterocycles. The maximum absolute atomic E-state index is 10.9. The second kappa shape index (κ2) is 4.49. The molecule has 0 amide bonds. The minimum atomic E-state index is -1.01. The Bertz CT molecular complexity index is 461. The lowest BCUT2D eigenvalue weighted by Crippen LogP contribution is -2.42. The molecule has 1 aromatic carbocycles. The SMILES string of the molecule is CC1(O)CCN(c2ccc(C(=O)O)c(N)c2)CC1. The zero-order chi connectivity index (χ0) is 13.3. The lowest BCUT2D eigenvalue weighted by molar-refractivity contribution is 0.0351. The second-order valence-electron chi connectivity index (χ2n) is 5.06. The Kier molecular flexibility index (Phi) is 3.17. The van der Waals surface area contributed by atoms with E-state index in [1.807, 2.05) is 6.92 Å². The molecule has 0 unspecified atom stereocenters. The third-order valence-corrected chi connectivity index (χ3v) is 3.47. The number of nitrogens with two attached hydrogens (primary N) is 1. The van der Waals surface area contributed by atoms with Crippen LogP contribution in [-0.4, -0.2) is 34.9 Å². The van der Waals surface area contributed by atoms with Crippen molar-refractivity contribution in [3.05, 3.63) is 23.8 Å². The molecular weight excluding hydrogens is 232 g/mol. The molecule has 1 aliphatic heterocycles. The van der Waals surface area contributed by atoms with Gasteiger partial charge in [0, 0.05) is 24.5 Å². The maximum Gasteiger partial charge on any atom is 0.337 e. The Morgan fingerprint density at radius 1 is 1.39 bits per heavy atom. The standard InChI is InChI=1S/C13H18N2O3/c1-13(18)4-6-15(7-5-13)9-2-3-10(12(16)17)11(14)8-9/h2-3,8,18H,4-7,14H2,1H3,(H,16,17). The highest BCUT2D eigenvalue weighted by Gasteiger charge is 2.27. The van der Waals surface area contributed by atoms with E-state index in [9.17, 15) is 9.90 Å². The van der Waals surface area contributed by atoms with Crippen LogP contribution in [0.4, 0.5) is 11.4 Å². The fourth-order valence-corrected chi connectivity index (χ4v) is 2.19. The molecule has 1 heterocycles. The topological polar surface area (TPSA) is 86.8 Å². The van der Waals surface area contributed by atoms with Gasteiger partial charge in [0.25, 0.3) is 0 Å². The lowest BCUT2D eigenvalue weighted by Gasteiger charge is -2.37. The number of nitrogens with zero attached hydrogens (tertiary/aromatic N) is 1. The molecule has 1 saturated heterocycles. The van der Waals surface area contributed by atoms with Crippen molar-refractivity contribution in [1.82, 2.24) is 0 Å². The molecule has 0 aliphatic carbocycles. The van der Waals surface area contributed by atoms with Crippen molar-refractivity contribution >= 4 is 17.3 Å². The van der Waals surface area contributed by atoms with Crippen LogP contribution in [0.5, 0.6) is 0 Å². The van der Waals surface area contributed by atoms with Crippen molar-refractivity contribution < 1.29 is 15.0 Å². The Balaban J connectivity index is 2.16. The molecule has 1 aliphatic rings. The molecule has 1 aromatic rings. The Morgan fingerprint density at radius 2 is 2.00 bits per heavy atom. The van der Waals surface area contributed by atoms with Gasteiger partial charge in [0.1, 0.15) is 0 Å². The molecule has 0 bridgehead atoms. The van der Waals surface area contributed by atoms with Gasteiger partial charge in [-0.3, -0.25) is 0 Å². The summed E-state index contributed by atoms with van der Waals surface area (Å²) in [7, 11) is 0. The monoisotopic (exact) mass is 250 g/mol. The zero-order valence-corrected chi connectivity index (χ0v) is 10.4. The van der Waals surface area contributed by atoms with Crippen molar-refractivity contribution in [2.45, 2.75) is 25.4 Å². The van der Waals surface area contributed by atoms with Crippen LogP contribution in [0, 0.1) is 0 Å². The first-order valence-electron chi connectivity index (χ1n) is 5.99. The first-order valence-corrected chi connectivity index (χ1v) is 5.99. The minimum Gasteiger partial charge on any atom is -0.478 e. The number of carbonyl (C=O) groups is 1. The summed E-state index contributed by atoms with van der Waals surface area (Å²) in [5.74, 6) is -1.01. The molecule has 0 spiro atoms. The van der Waals surface area contributed by atoms with Gasteiger partial charge < -0.3 is 20.8 Å². The van der Waals surface area contributed by atoms with Crippen LogP contribution in [0.25, 0.3) is 0 Å². The van der Waals surface area contributed by atoms with Gasteiger partial charge in [0.15, 0.2) is 0 Å². The maximum atomic E-state index is 10.9. The summed E-state index contributed by atoms with van der Waals surface area (Å²) in [6, 6.07) is 4.98. The van der Waals surface area contributed by atoms with Gasteiger partial charge in [-0.05, 0) is 38.0 Å². The van der Waals surface area contributed by atoms with Gasteiger partial charge in [-0.15, -0.1) is 0 Å². The summed E-state index contributed by atoms with van der Waals surface area (Å²) in [6.07, 6.45) is 1.40. The van der Waals surface area contributed by atoms with E-state index in [2.05, 4.69) is 4.90 Å². The van der Waals surface area contributed by atoms with Crippen molar-refractivity contribution in [3.63, 3.8) is 0 Å². The van der Waals surface area contributed by atoms with E-state index in [-0.39, 0.29) is 11.3 Å². The van der Waals surface area contributed by atoms with Crippen LogP contribution in [-0.2, 0) is 0 Å². The summed E-state index contributed by atoms with van der Waals surface area (Å²) >= 11 is 0. The number of anilines is 2. The van der Waals surface area contributed by atoms with Gasteiger partial charge in [-0.1, -0.05) is 0 Å². The minimum absolute atomic E-state index is 0.128. The van der Waals surface area contributed by atoms with Crippen LogP contribution in [0.3, 0.4) is 0 Å². The van der Waals surface area contributed by atoms with Crippen LogP contribution >= 0.6 is 0 Å². The number of benzene rings is 1. The number of hydrogen-bond acceptors (Lipinski definition) is 4. The zero-order valence-electron chi connectivity index (χ0n) is 10.4. The number of aliphatic hydroxyl groups is 1. The van der Waals surface area contributed by atoms with Crippen molar-refractivity contribution in [3.8, 4) is 0 Å². The number of nitrogen functional groups attached to an aromatic ring is 1. The van der Waals surface area contributed by atoms with Gasteiger partial charge in [0.05, 0.1) is 11.2 Å².